The number of anilines is 1. The second-order valence-corrected chi connectivity index (χ2v) is 13.2. The van der Waals surface area contributed by atoms with Crippen molar-refractivity contribution in [2.75, 3.05) is 29.7 Å². The van der Waals surface area contributed by atoms with Gasteiger partial charge in [-0.2, -0.15) is 0 Å². The average molecular weight is 664 g/mol. The van der Waals surface area contributed by atoms with Crippen molar-refractivity contribution in [3.8, 4) is 5.75 Å². The maximum Gasteiger partial charge on any atom is 0.312 e. The van der Waals surface area contributed by atoms with Crippen molar-refractivity contribution in [3.05, 3.63) is 94.0 Å². The Morgan fingerprint density at radius 1 is 0.977 bits per heavy atom. The van der Waals surface area contributed by atoms with Gasteiger partial charge in [-0.25, -0.2) is 8.42 Å². The molecular weight excluding hydrogens is 631 g/mol. The molecule has 0 aliphatic carbocycles. The van der Waals surface area contributed by atoms with Gasteiger partial charge in [-0.15, -0.1) is 0 Å². The minimum atomic E-state index is -4.02. The highest BCUT2D eigenvalue weighted by atomic mass is 35.5. The van der Waals surface area contributed by atoms with Crippen LogP contribution in [-0.2, 0) is 24.4 Å². The van der Waals surface area contributed by atoms with Gasteiger partial charge in [0.2, 0.25) is 21.8 Å². The number of nitrogens with one attached hydrogen (secondary N) is 2. The zero-order valence-electron chi connectivity index (χ0n) is 23.7. The molecule has 4 N–H and O–H groups in total. The Kier molecular flexibility index (Phi) is 10.7. The van der Waals surface area contributed by atoms with Gasteiger partial charge in [-0.1, -0.05) is 53.5 Å². The predicted molar refractivity (Wildman–Crippen MR) is 167 cm³/mol. The Morgan fingerprint density at radius 2 is 1.55 bits per heavy atom. The van der Waals surface area contributed by atoms with Crippen LogP contribution in [0.5, 0.6) is 5.75 Å². The summed E-state index contributed by atoms with van der Waals surface area (Å²) in [4.78, 5) is 36.9. The van der Waals surface area contributed by atoms with E-state index in [1.807, 2.05) is 24.3 Å². The smallest absolute Gasteiger partial charge is 0.312 e. The lowest BCUT2D eigenvalue weighted by molar-refractivity contribution is -0.141. The Labute approximate surface area is 265 Å². The number of phenols is 1. The minimum Gasteiger partial charge on any atom is -0.508 e. The second kappa shape index (κ2) is 14.3. The molecule has 1 heterocycles. The first-order valence-electron chi connectivity index (χ1n) is 13.7. The number of halogens is 2. The topological polar surface area (TPSA) is 156 Å². The molecule has 1 fully saturated rings. The molecule has 3 aromatic rings. The maximum absolute atomic E-state index is 13.7. The van der Waals surface area contributed by atoms with Gasteiger partial charge in [0, 0.05) is 35.7 Å². The molecule has 0 aromatic heterocycles. The van der Waals surface area contributed by atoms with Gasteiger partial charge in [-0.05, 0) is 54.4 Å². The molecule has 2 amide bonds. The summed E-state index contributed by atoms with van der Waals surface area (Å²) in [6, 6.07) is 19.1. The largest absolute Gasteiger partial charge is 0.508 e. The fourth-order valence-electron chi connectivity index (χ4n) is 5.03. The zero-order chi connectivity index (χ0) is 32.0. The molecule has 0 radical (unpaired) electrons. The van der Waals surface area contributed by atoms with E-state index >= 15 is 0 Å². The summed E-state index contributed by atoms with van der Waals surface area (Å²) in [7, 11) is -4.02. The van der Waals surface area contributed by atoms with Gasteiger partial charge in [0.15, 0.2) is 0 Å². The van der Waals surface area contributed by atoms with Crippen molar-refractivity contribution in [1.29, 1.82) is 0 Å². The molecule has 3 aromatic carbocycles. The van der Waals surface area contributed by atoms with Crippen molar-refractivity contribution in [2.45, 2.75) is 31.5 Å². The van der Waals surface area contributed by atoms with E-state index < -0.39 is 52.1 Å². The number of amides is 2. The number of carboxylic acids is 1. The van der Waals surface area contributed by atoms with Crippen LogP contribution in [0.2, 0.25) is 10.0 Å². The molecule has 0 saturated carbocycles. The number of sulfonamides is 1. The zero-order valence-corrected chi connectivity index (χ0v) is 26.0. The van der Waals surface area contributed by atoms with Gasteiger partial charge in [-0.3, -0.25) is 23.6 Å². The summed E-state index contributed by atoms with van der Waals surface area (Å²) >= 11 is 12.3. The number of carbonyl (C=O) groups excluding carboxylic acids is 2. The van der Waals surface area contributed by atoms with Crippen LogP contribution in [-0.4, -0.2) is 78.8 Å². The Bertz CT molecular complexity index is 1550. The number of carboxylic acid groups (broad SMARTS) is 1. The third kappa shape index (κ3) is 8.41. The van der Waals surface area contributed by atoms with Crippen LogP contribution in [0.1, 0.15) is 30.5 Å². The van der Waals surface area contributed by atoms with Crippen molar-refractivity contribution in [3.63, 3.8) is 0 Å². The fraction of sp³-hybridized carbons (Fsp3) is 0.300. The van der Waals surface area contributed by atoms with Crippen LogP contribution in [0.15, 0.2) is 72.8 Å². The monoisotopic (exact) mass is 662 g/mol. The van der Waals surface area contributed by atoms with Crippen molar-refractivity contribution in [1.82, 2.24) is 15.5 Å². The molecular formula is C30H32Cl2N4O7S. The van der Waals surface area contributed by atoms with E-state index in [0.717, 1.165) is 11.1 Å². The second-order valence-electron chi connectivity index (χ2n) is 10.4. The highest BCUT2D eigenvalue weighted by Gasteiger charge is 2.42. The van der Waals surface area contributed by atoms with Crippen molar-refractivity contribution >= 4 is 56.7 Å². The number of nitrogens with zero attached hydrogens (tertiary/aromatic N) is 2. The van der Waals surface area contributed by atoms with E-state index in [9.17, 15) is 27.9 Å². The quantitative estimate of drug-likeness (QED) is 0.203. The molecule has 234 valence electrons. The van der Waals surface area contributed by atoms with Crippen LogP contribution in [0.4, 0.5) is 5.69 Å². The van der Waals surface area contributed by atoms with Crippen LogP contribution in [0.25, 0.3) is 0 Å². The summed E-state index contributed by atoms with van der Waals surface area (Å²) in [5.74, 6) is -3.40. The van der Waals surface area contributed by atoms with Gasteiger partial charge in [0.25, 0.3) is 0 Å². The number of hydrogen-bond acceptors (Lipinski definition) is 7. The van der Waals surface area contributed by atoms with E-state index in [2.05, 4.69) is 15.5 Å². The first kappa shape index (κ1) is 33.1. The SMILES string of the molecule is CC(NC(=O)CC(=O)O)C(=O)NCCS(=O)(=O)N(c1cccc(O)c1)C1CN(C(c2ccc(Cl)cc2)c2ccc(Cl)cc2)C1. The molecule has 1 aliphatic rings. The first-order chi connectivity index (χ1) is 20.8. The average Bonchev–Trinajstić information content (AvgIpc) is 2.92. The maximum atomic E-state index is 13.7. The molecule has 1 saturated heterocycles. The number of carbonyl (C=O) groups is 3. The summed E-state index contributed by atoms with van der Waals surface area (Å²) in [5, 5.41) is 24.8. The van der Waals surface area contributed by atoms with E-state index in [4.69, 9.17) is 28.3 Å². The Hall–Kier alpha value is -3.84. The fourth-order valence-corrected chi connectivity index (χ4v) is 6.86. The molecule has 44 heavy (non-hydrogen) atoms. The normalized spacial score (nSPS) is 14.5. The Balaban J connectivity index is 1.50. The van der Waals surface area contributed by atoms with Gasteiger partial charge in [0.05, 0.1) is 23.5 Å². The summed E-state index contributed by atoms with van der Waals surface area (Å²) < 4.78 is 28.7. The lowest BCUT2D eigenvalue weighted by Crippen LogP contribution is -2.62. The molecule has 0 spiro atoms. The summed E-state index contributed by atoms with van der Waals surface area (Å²) in [6.45, 7) is 1.83. The molecule has 1 atom stereocenters. The van der Waals surface area contributed by atoms with Gasteiger partial charge in [0.1, 0.15) is 18.2 Å². The van der Waals surface area contributed by atoms with E-state index in [0.29, 0.717) is 23.1 Å². The van der Waals surface area contributed by atoms with Crippen LogP contribution in [0, 0.1) is 0 Å². The van der Waals surface area contributed by atoms with Crippen LogP contribution in [0.3, 0.4) is 0 Å². The number of aliphatic carboxylic acids is 1. The van der Waals surface area contributed by atoms with Crippen molar-refractivity contribution in [2.24, 2.45) is 0 Å². The predicted octanol–water partition coefficient (Wildman–Crippen LogP) is 3.40. The number of likely N-dealkylation sites (tertiary alicyclic amines) is 1. The molecule has 4 rings (SSSR count). The number of rotatable bonds is 13. The van der Waals surface area contributed by atoms with Gasteiger partial charge < -0.3 is 20.8 Å². The highest BCUT2D eigenvalue weighted by Crippen LogP contribution is 2.37. The third-order valence-electron chi connectivity index (χ3n) is 7.08. The molecule has 11 nitrogen and oxygen atoms in total. The van der Waals surface area contributed by atoms with E-state index in [1.165, 1.54) is 23.4 Å². The number of aromatic hydroxyl groups is 1. The molecule has 1 unspecified atom stereocenters. The standard InChI is InChI=1S/C30H32Cl2N4O7S/c1-19(34-27(38)16-28(39)40)30(41)33-13-14-44(42,43)36(24-3-2-4-26(37)15-24)25-17-35(18-25)29(20-5-9-22(31)10-6-20)21-7-11-23(32)12-8-21/h2-12,15,19,25,29,37H,13-14,16-18H2,1H3,(H,33,41)(H,34,38)(H,39,40). The van der Waals surface area contributed by atoms with Gasteiger partial charge >= 0.3 is 5.97 Å². The highest BCUT2D eigenvalue weighted by molar-refractivity contribution is 7.92. The summed E-state index contributed by atoms with van der Waals surface area (Å²) in [5.41, 5.74) is 2.22. The molecule has 1 aliphatic heterocycles. The number of benzene rings is 3. The van der Waals surface area contributed by atoms with Crippen molar-refractivity contribution < 1.29 is 33.0 Å². The Morgan fingerprint density at radius 3 is 2.07 bits per heavy atom. The van der Waals surface area contributed by atoms with Crippen LogP contribution < -0.4 is 14.9 Å². The number of phenolic OH excluding ortho intramolecular Hbond substituents is 1. The van der Waals surface area contributed by atoms with Crippen LogP contribution >= 0.6 is 23.2 Å². The molecule has 14 heteroatoms. The lowest BCUT2D eigenvalue weighted by atomic mass is 9.93. The first-order valence-corrected chi connectivity index (χ1v) is 16.1. The minimum absolute atomic E-state index is 0.0988. The van der Waals surface area contributed by atoms with E-state index in [1.54, 1.807) is 36.4 Å². The third-order valence-corrected chi connectivity index (χ3v) is 9.42. The summed E-state index contributed by atoms with van der Waals surface area (Å²) in [6.07, 6.45) is -0.791. The van der Waals surface area contributed by atoms with E-state index in [-0.39, 0.29) is 24.0 Å². The molecule has 0 bridgehead atoms. The lowest BCUT2D eigenvalue weighted by Gasteiger charge is -2.49. The number of hydrogen-bond donors (Lipinski definition) is 4.